The van der Waals surface area contributed by atoms with Crippen LogP contribution in [0.3, 0.4) is 0 Å². The molecule has 0 amide bonds. The first-order chi connectivity index (χ1) is 11.8. The summed E-state index contributed by atoms with van der Waals surface area (Å²) in [6.07, 6.45) is 6.90. The average molecular weight is 319 g/mol. The van der Waals surface area contributed by atoms with Crippen molar-refractivity contribution in [2.45, 2.75) is 6.54 Å². The van der Waals surface area contributed by atoms with E-state index >= 15 is 0 Å². The number of halogens is 1. The van der Waals surface area contributed by atoms with E-state index in [1.165, 1.54) is 24.8 Å². The maximum atomic E-state index is 13.1. The maximum Gasteiger partial charge on any atom is 0.141 e. The lowest BCUT2D eigenvalue weighted by atomic mass is 10.2. The van der Waals surface area contributed by atoms with Gasteiger partial charge >= 0.3 is 0 Å². The number of para-hydroxylation sites is 1. The molecule has 6 heteroatoms. The van der Waals surface area contributed by atoms with Gasteiger partial charge in [-0.25, -0.2) is 9.07 Å². The van der Waals surface area contributed by atoms with Gasteiger partial charge in [0.2, 0.25) is 0 Å². The Morgan fingerprint density at radius 1 is 1.00 bits per heavy atom. The molecule has 0 fully saturated rings. The lowest BCUT2D eigenvalue weighted by Gasteiger charge is -2.05. The Morgan fingerprint density at radius 2 is 1.75 bits per heavy atom. The molecular formula is C18H14FN5. The summed E-state index contributed by atoms with van der Waals surface area (Å²) in [5.74, 6) is -0.224. The van der Waals surface area contributed by atoms with E-state index in [0.717, 1.165) is 22.0 Å². The van der Waals surface area contributed by atoms with E-state index in [0.29, 0.717) is 6.54 Å². The monoisotopic (exact) mass is 319 g/mol. The Balaban J connectivity index is 1.72. The van der Waals surface area contributed by atoms with Crippen molar-refractivity contribution in [2.24, 2.45) is 5.10 Å². The summed E-state index contributed by atoms with van der Waals surface area (Å²) in [4.78, 5) is 0. The molecule has 0 spiro atoms. The van der Waals surface area contributed by atoms with Crippen LogP contribution in [0, 0.1) is 5.82 Å². The number of benzene rings is 2. The van der Waals surface area contributed by atoms with Gasteiger partial charge in [-0.05, 0) is 23.8 Å². The largest absolute Gasteiger partial charge is 0.342 e. The van der Waals surface area contributed by atoms with Crippen LogP contribution in [0.25, 0.3) is 10.9 Å². The third kappa shape index (κ3) is 2.81. The highest BCUT2D eigenvalue weighted by molar-refractivity contribution is 5.99. The molecule has 24 heavy (non-hydrogen) atoms. The fourth-order valence-electron chi connectivity index (χ4n) is 2.68. The number of hydrogen-bond donors (Lipinski definition) is 0. The fraction of sp³-hybridized carbons (Fsp3) is 0.0556. The van der Waals surface area contributed by atoms with Crippen molar-refractivity contribution < 1.29 is 4.39 Å². The molecule has 0 saturated carbocycles. The first-order valence-corrected chi connectivity index (χ1v) is 7.51. The van der Waals surface area contributed by atoms with Gasteiger partial charge in [-0.15, -0.1) is 10.2 Å². The third-order valence-electron chi connectivity index (χ3n) is 3.82. The highest BCUT2D eigenvalue weighted by atomic mass is 19.1. The molecule has 0 N–H and O–H groups in total. The highest BCUT2D eigenvalue weighted by Crippen LogP contribution is 2.21. The predicted molar refractivity (Wildman–Crippen MR) is 90.5 cm³/mol. The van der Waals surface area contributed by atoms with Gasteiger partial charge in [0, 0.05) is 29.2 Å². The van der Waals surface area contributed by atoms with Gasteiger partial charge in [0.25, 0.3) is 0 Å². The average Bonchev–Trinajstić information content (AvgIpc) is 3.24. The summed E-state index contributed by atoms with van der Waals surface area (Å²) in [5, 5.41) is 12.9. The van der Waals surface area contributed by atoms with Crippen LogP contribution in [0.5, 0.6) is 0 Å². The predicted octanol–water partition coefficient (Wildman–Crippen LogP) is 3.30. The van der Waals surface area contributed by atoms with E-state index < -0.39 is 0 Å². The van der Waals surface area contributed by atoms with Crippen LogP contribution in [0.2, 0.25) is 0 Å². The Morgan fingerprint density at radius 3 is 2.54 bits per heavy atom. The minimum atomic E-state index is -0.224. The van der Waals surface area contributed by atoms with Crippen molar-refractivity contribution in [1.29, 1.82) is 0 Å². The summed E-state index contributed by atoms with van der Waals surface area (Å²) in [5.41, 5.74) is 3.15. The molecule has 2 aromatic heterocycles. The van der Waals surface area contributed by atoms with Crippen molar-refractivity contribution in [2.75, 3.05) is 0 Å². The normalized spacial score (nSPS) is 11.5. The molecular weight excluding hydrogens is 305 g/mol. The molecule has 0 aliphatic heterocycles. The molecule has 0 aliphatic rings. The standard InChI is InChI=1S/C18H14FN5/c19-16-7-5-14(6-8-16)10-23-11-15(9-22-24-12-20-21-13-24)17-3-1-2-4-18(17)23/h1-9,11-13H,10H2/b22-9-. The van der Waals surface area contributed by atoms with Gasteiger partial charge in [-0.1, -0.05) is 30.3 Å². The van der Waals surface area contributed by atoms with E-state index in [2.05, 4.69) is 32.0 Å². The van der Waals surface area contributed by atoms with Crippen LogP contribution in [-0.4, -0.2) is 25.7 Å². The van der Waals surface area contributed by atoms with Crippen LogP contribution < -0.4 is 0 Å². The molecule has 4 aromatic rings. The summed E-state index contributed by atoms with van der Waals surface area (Å²) >= 11 is 0. The van der Waals surface area contributed by atoms with Crippen LogP contribution in [-0.2, 0) is 6.54 Å². The van der Waals surface area contributed by atoms with Gasteiger partial charge in [-0.3, -0.25) is 0 Å². The molecule has 5 nitrogen and oxygen atoms in total. The lowest BCUT2D eigenvalue weighted by Crippen LogP contribution is -1.97. The lowest BCUT2D eigenvalue weighted by molar-refractivity contribution is 0.626. The second kappa shape index (κ2) is 6.08. The number of hydrogen-bond acceptors (Lipinski definition) is 3. The Labute approximate surface area is 137 Å². The van der Waals surface area contributed by atoms with Crippen molar-refractivity contribution in [3.05, 3.63) is 84.3 Å². The minimum Gasteiger partial charge on any atom is -0.342 e. The Kier molecular flexibility index (Phi) is 3.63. The molecule has 0 radical (unpaired) electrons. The second-order valence-corrected chi connectivity index (χ2v) is 5.44. The maximum absolute atomic E-state index is 13.1. The third-order valence-corrected chi connectivity index (χ3v) is 3.82. The number of aromatic nitrogens is 4. The molecule has 4 rings (SSSR count). The van der Waals surface area contributed by atoms with Gasteiger partial charge in [-0.2, -0.15) is 5.10 Å². The SMILES string of the molecule is Fc1ccc(Cn2cc(/C=N\n3cnnc3)c3ccccc32)cc1. The smallest absolute Gasteiger partial charge is 0.141 e. The summed E-state index contributed by atoms with van der Waals surface area (Å²) in [7, 11) is 0. The zero-order valence-electron chi connectivity index (χ0n) is 12.7. The van der Waals surface area contributed by atoms with Crippen LogP contribution in [0.15, 0.2) is 72.5 Å². The minimum absolute atomic E-state index is 0.224. The van der Waals surface area contributed by atoms with Crippen molar-refractivity contribution in [3.8, 4) is 0 Å². The molecule has 0 atom stereocenters. The van der Waals surface area contributed by atoms with Crippen molar-refractivity contribution >= 4 is 17.1 Å². The number of nitrogens with zero attached hydrogens (tertiary/aromatic N) is 5. The van der Waals surface area contributed by atoms with Gasteiger partial charge < -0.3 is 4.57 Å². The van der Waals surface area contributed by atoms with E-state index in [4.69, 9.17) is 0 Å². The molecule has 118 valence electrons. The zero-order valence-corrected chi connectivity index (χ0v) is 12.7. The Bertz CT molecular complexity index is 984. The van der Waals surface area contributed by atoms with Gasteiger partial charge in [0.15, 0.2) is 0 Å². The second-order valence-electron chi connectivity index (χ2n) is 5.44. The quantitative estimate of drug-likeness (QED) is 0.542. The fourth-order valence-corrected chi connectivity index (χ4v) is 2.68. The van der Waals surface area contributed by atoms with Crippen LogP contribution >= 0.6 is 0 Å². The molecule has 2 heterocycles. The molecule has 0 aliphatic carbocycles. The Hall–Kier alpha value is -3.28. The van der Waals surface area contributed by atoms with E-state index in [1.807, 2.05) is 18.3 Å². The summed E-state index contributed by atoms with van der Waals surface area (Å²) in [6.45, 7) is 0.668. The van der Waals surface area contributed by atoms with Gasteiger partial charge in [0.05, 0.1) is 6.21 Å². The molecule has 0 saturated heterocycles. The highest BCUT2D eigenvalue weighted by Gasteiger charge is 2.07. The van der Waals surface area contributed by atoms with Gasteiger partial charge in [0.1, 0.15) is 18.5 Å². The van der Waals surface area contributed by atoms with Crippen LogP contribution in [0.1, 0.15) is 11.1 Å². The number of fused-ring (bicyclic) bond motifs is 1. The van der Waals surface area contributed by atoms with Crippen molar-refractivity contribution in [3.63, 3.8) is 0 Å². The van der Waals surface area contributed by atoms with E-state index in [-0.39, 0.29) is 5.82 Å². The molecule has 2 aromatic carbocycles. The molecule has 0 bridgehead atoms. The summed E-state index contributed by atoms with van der Waals surface area (Å²) < 4.78 is 16.8. The topological polar surface area (TPSA) is 48.0 Å². The van der Waals surface area contributed by atoms with E-state index in [1.54, 1.807) is 23.0 Å². The van der Waals surface area contributed by atoms with Crippen molar-refractivity contribution in [1.82, 2.24) is 19.4 Å². The first kappa shape index (κ1) is 14.3. The summed E-state index contributed by atoms with van der Waals surface area (Å²) in [6, 6.07) is 14.7. The van der Waals surface area contributed by atoms with Crippen LogP contribution in [0.4, 0.5) is 4.39 Å². The first-order valence-electron chi connectivity index (χ1n) is 7.51. The molecule has 0 unspecified atom stereocenters. The zero-order chi connectivity index (χ0) is 16.4. The number of rotatable bonds is 4. The van der Waals surface area contributed by atoms with E-state index in [9.17, 15) is 4.39 Å².